The van der Waals surface area contributed by atoms with E-state index in [1.807, 2.05) is 0 Å². The highest BCUT2D eigenvalue weighted by atomic mass is 31.2. The molecule has 0 nitrogen and oxygen atoms in total. The molecular formula is C49H35P. The second kappa shape index (κ2) is 12.5. The molecule has 50 heavy (non-hydrogen) atoms. The van der Waals surface area contributed by atoms with Crippen molar-refractivity contribution in [3.63, 3.8) is 0 Å². The van der Waals surface area contributed by atoms with Gasteiger partial charge in [0, 0.05) is 0 Å². The molecule has 0 atom stereocenters. The van der Waals surface area contributed by atoms with Crippen molar-refractivity contribution in [1.29, 1.82) is 0 Å². The van der Waals surface area contributed by atoms with Gasteiger partial charge in [0.05, 0.1) is 0 Å². The highest BCUT2D eigenvalue weighted by Gasteiger charge is 2.29. The number of rotatable bonds is 6. The molecule has 0 aliphatic rings. The van der Waals surface area contributed by atoms with Crippen molar-refractivity contribution in [2.24, 2.45) is 0 Å². The zero-order valence-corrected chi connectivity index (χ0v) is 28.6. The summed E-state index contributed by atoms with van der Waals surface area (Å²) in [7, 11) is 0. The van der Waals surface area contributed by atoms with Crippen LogP contribution in [0.15, 0.2) is 200 Å². The highest BCUT2D eigenvalue weighted by molar-refractivity contribution is 7.94. The lowest BCUT2D eigenvalue weighted by molar-refractivity contribution is 1.65. The van der Waals surface area contributed by atoms with E-state index in [4.69, 9.17) is 6.30 Å². The topological polar surface area (TPSA) is 0 Å². The van der Waals surface area contributed by atoms with Gasteiger partial charge in [-0.15, -0.1) is 0 Å². The predicted molar refractivity (Wildman–Crippen MR) is 221 cm³/mol. The quantitative estimate of drug-likeness (QED) is 0.157. The van der Waals surface area contributed by atoms with Crippen molar-refractivity contribution in [1.82, 2.24) is 0 Å². The molecule has 9 rings (SSSR count). The molecule has 1 heteroatoms. The Hall–Kier alpha value is -5.94. The first-order valence-electron chi connectivity index (χ1n) is 17.2. The van der Waals surface area contributed by atoms with E-state index in [-0.39, 0.29) is 0 Å². The van der Waals surface area contributed by atoms with Crippen LogP contribution in [0, 0.1) is 0 Å². The maximum Gasteiger partial charge on any atom is -0.00865 e. The van der Waals surface area contributed by atoms with Crippen molar-refractivity contribution in [3.05, 3.63) is 200 Å². The van der Waals surface area contributed by atoms with Gasteiger partial charge < -0.3 is 0 Å². The number of benzene rings is 9. The van der Waals surface area contributed by atoms with Crippen LogP contribution in [0.5, 0.6) is 0 Å². The molecule has 0 bridgehead atoms. The fourth-order valence-electron chi connectivity index (χ4n) is 7.85. The summed E-state index contributed by atoms with van der Waals surface area (Å²) in [6.07, 6.45) is 5.45. The van der Waals surface area contributed by atoms with Crippen LogP contribution in [0.2, 0.25) is 0 Å². The molecule has 0 unspecified atom stereocenters. The molecule has 0 N–H and O–H groups in total. The summed E-state index contributed by atoms with van der Waals surface area (Å²) in [6, 6.07) is 73.1. The molecule has 0 aliphatic heterocycles. The second-order valence-corrected chi connectivity index (χ2v) is 16.0. The van der Waals surface area contributed by atoms with E-state index >= 15 is 0 Å². The lowest BCUT2D eigenvalue weighted by atomic mass is 9.98. The van der Waals surface area contributed by atoms with Gasteiger partial charge in [0.1, 0.15) is 0 Å². The fraction of sp³-hybridized carbons (Fsp3) is 0. The average molecular weight is 655 g/mol. The van der Waals surface area contributed by atoms with E-state index < -0.39 is 6.89 Å². The molecule has 0 heterocycles. The molecule has 0 spiro atoms. The molecule has 0 radical (unpaired) electrons. The van der Waals surface area contributed by atoms with E-state index in [1.165, 1.54) is 81.6 Å². The van der Waals surface area contributed by atoms with Gasteiger partial charge in [0.25, 0.3) is 0 Å². The van der Waals surface area contributed by atoms with Crippen LogP contribution in [0.3, 0.4) is 0 Å². The lowest BCUT2D eigenvalue weighted by Crippen LogP contribution is -2.27. The Labute approximate surface area is 293 Å². The Kier molecular flexibility index (Phi) is 7.54. The first-order chi connectivity index (χ1) is 24.7. The minimum absolute atomic E-state index is 1.22. The minimum Gasteiger partial charge on any atom is -0.0886 e. The zero-order valence-electron chi connectivity index (χ0n) is 27.7. The minimum atomic E-state index is -2.55. The van der Waals surface area contributed by atoms with Crippen molar-refractivity contribution >= 4 is 61.4 Å². The second-order valence-electron chi connectivity index (χ2n) is 12.9. The van der Waals surface area contributed by atoms with Crippen molar-refractivity contribution in [2.75, 3.05) is 0 Å². The van der Waals surface area contributed by atoms with Crippen LogP contribution in [-0.4, -0.2) is 6.30 Å². The molecule has 236 valence electrons. The maximum atomic E-state index is 5.45. The van der Waals surface area contributed by atoms with E-state index in [0.29, 0.717) is 0 Å². The van der Waals surface area contributed by atoms with Crippen LogP contribution in [0.25, 0.3) is 65.7 Å². The van der Waals surface area contributed by atoms with Gasteiger partial charge >= 0.3 is 0 Å². The van der Waals surface area contributed by atoms with E-state index in [9.17, 15) is 0 Å². The summed E-state index contributed by atoms with van der Waals surface area (Å²) in [5.74, 6) is 0. The van der Waals surface area contributed by atoms with Crippen LogP contribution < -0.4 is 15.9 Å². The molecule has 0 aliphatic carbocycles. The Bertz CT molecular complexity index is 2410. The Morgan fingerprint density at radius 3 is 0.760 bits per heavy atom. The van der Waals surface area contributed by atoms with Gasteiger partial charge in [-0.3, -0.25) is 0 Å². The Morgan fingerprint density at radius 2 is 0.480 bits per heavy atom. The standard InChI is InChI=1S/C49H35P/c1-50(47-32-29-38(35-17-5-2-6-18-35)41-23-11-14-26-44(41)47,48-33-30-39(36-19-7-3-8-20-36)42-24-12-15-27-45(42)48)49-34-31-40(37-21-9-4-10-22-37)43-25-13-16-28-46(43)49/h2-34H,1H2. The molecule has 0 aromatic heterocycles. The summed E-state index contributed by atoms with van der Waals surface area (Å²) >= 11 is 0. The van der Waals surface area contributed by atoms with Gasteiger partial charge in [-0.25, -0.2) is 0 Å². The van der Waals surface area contributed by atoms with Gasteiger partial charge in [-0.2, -0.15) is 0 Å². The molecule has 9 aromatic rings. The van der Waals surface area contributed by atoms with Crippen LogP contribution in [0.4, 0.5) is 0 Å². The van der Waals surface area contributed by atoms with E-state index in [1.54, 1.807) is 0 Å². The summed E-state index contributed by atoms with van der Waals surface area (Å²) in [5.41, 5.74) is 7.39. The molecule has 0 saturated carbocycles. The smallest absolute Gasteiger partial charge is 0.00865 e. The molecular weight excluding hydrogens is 620 g/mol. The molecule has 9 aromatic carbocycles. The number of hydrogen-bond donors (Lipinski definition) is 0. The normalized spacial score (nSPS) is 11.7. The average Bonchev–Trinajstić information content (AvgIpc) is 3.20. The van der Waals surface area contributed by atoms with E-state index in [0.717, 1.165) is 0 Å². The van der Waals surface area contributed by atoms with Crippen LogP contribution >= 0.6 is 6.89 Å². The monoisotopic (exact) mass is 654 g/mol. The summed E-state index contributed by atoms with van der Waals surface area (Å²) in [6.45, 7) is -2.55. The maximum absolute atomic E-state index is 5.45. The van der Waals surface area contributed by atoms with Gasteiger partial charge in [0.15, 0.2) is 0 Å². The van der Waals surface area contributed by atoms with Crippen molar-refractivity contribution < 1.29 is 0 Å². The van der Waals surface area contributed by atoms with Gasteiger partial charge in [0.2, 0.25) is 0 Å². The van der Waals surface area contributed by atoms with Crippen molar-refractivity contribution in [3.8, 4) is 33.4 Å². The predicted octanol–water partition coefficient (Wildman–Crippen LogP) is 11.9. The third kappa shape index (κ3) is 4.92. The largest absolute Gasteiger partial charge is 0.0886 e. The lowest BCUT2D eigenvalue weighted by Gasteiger charge is -2.31. The van der Waals surface area contributed by atoms with Gasteiger partial charge in [-0.05, 0) is 88.5 Å². The molecule has 0 amide bonds. The van der Waals surface area contributed by atoms with Gasteiger partial charge in [-0.1, -0.05) is 206 Å². The Morgan fingerprint density at radius 1 is 0.240 bits per heavy atom. The first kappa shape index (κ1) is 30.1. The number of hydrogen-bond acceptors (Lipinski definition) is 0. The molecule has 0 saturated heterocycles. The first-order valence-corrected chi connectivity index (χ1v) is 19.2. The van der Waals surface area contributed by atoms with Crippen LogP contribution in [0.1, 0.15) is 0 Å². The molecule has 0 fully saturated rings. The summed E-state index contributed by atoms with van der Waals surface area (Å²) in [4.78, 5) is 0. The van der Waals surface area contributed by atoms with E-state index in [2.05, 4.69) is 200 Å². The SMILES string of the molecule is C=P(c1ccc(-c2ccccc2)c2ccccc12)(c1ccc(-c2ccccc2)c2ccccc12)c1ccc(-c2ccccc2)c2ccccc12. The fourth-order valence-corrected chi connectivity index (χ4v) is 11.4. The third-order valence-corrected chi connectivity index (χ3v) is 13.8. The Balaban J connectivity index is 1.40. The summed E-state index contributed by atoms with van der Waals surface area (Å²) in [5, 5.41) is 11.4. The van der Waals surface area contributed by atoms with Crippen molar-refractivity contribution in [2.45, 2.75) is 0 Å². The summed E-state index contributed by atoms with van der Waals surface area (Å²) < 4.78 is 0. The third-order valence-electron chi connectivity index (χ3n) is 10.2. The van der Waals surface area contributed by atoms with Crippen LogP contribution in [-0.2, 0) is 0 Å². The zero-order chi connectivity index (χ0) is 33.5. The highest BCUT2D eigenvalue weighted by Crippen LogP contribution is 2.50. The number of fused-ring (bicyclic) bond motifs is 3.